The fourth-order valence-corrected chi connectivity index (χ4v) is 3.49. The number of nitrogens with two attached hydrogens (primary N) is 1. The third-order valence-electron chi connectivity index (χ3n) is 4.96. The predicted molar refractivity (Wildman–Crippen MR) is 93.9 cm³/mol. The standard InChI is InChI=1S/C20H21F2NO3/c1-20(2)7-6-11-8-15(13-5-4-12(25-3)9-16(13)21)17(22)10-14(11)18(20)26-19(23)24/h4-5,8-10,18H,6-7H2,1-3H3,(H2,23,24)/t18-/m0/s1. The number of fused-ring (bicyclic) bond motifs is 1. The monoisotopic (exact) mass is 361 g/mol. The Kier molecular flexibility index (Phi) is 4.61. The van der Waals surface area contributed by atoms with Crippen LogP contribution in [0.2, 0.25) is 0 Å². The average molecular weight is 361 g/mol. The van der Waals surface area contributed by atoms with Crippen molar-refractivity contribution in [1.82, 2.24) is 0 Å². The number of methoxy groups -OCH3 is 1. The van der Waals surface area contributed by atoms with Crippen molar-refractivity contribution in [3.8, 4) is 16.9 Å². The zero-order valence-corrected chi connectivity index (χ0v) is 14.9. The molecule has 1 aliphatic rings. The Labute approximate surface area is 150 Å². The molecule has 2 aromatic carbocycles. The number of primary amides is 1. The minimum atomic E-state index is -0.901. The van der Waals surface area contributed by atoms with Gasteiger partial charge in [0.15, 0.2) is 0 Å². The summed E-state index contributed by atoms with van der Waals surface area (Å²) in [6.45, 7) is 3.89. The number of carbonyl (C=O) groups excluding carboxylic acids is 1. The molecule has 1 atom stereocenters. The van der Waals surface area contributed by atoms with Crippen molar-refractivity contribution in [1.29, 1.82) is 0 Å². The fraction of sp³-hybridized carbons (Fsp3) is 0.350. The highest BCUT2D eigenvalue weighted by Gasteiger charge is 2.39. The van der Waals surface area contributed by atoms with E-state index in [9.17, 15) is 13.6 Å². The summed E-state index contributed by atoms with van der Waals surface area (Å²) in [7, 11) is 1.44. The van der Waals surface area contributed by atoms with E-state index in [2.05, 4.69) is 0 Å². The van der Waals surface area contributed by atoms with Crippen LogP contribution in [0.1, 0.15) is 37.5 Å². The molecule has 3 rings (SSSR count). The maximum Gasteiger partial charge on any atom is 0.405 e. The normalized spacial score (nSPS) is 18.1. The minimum Gasteiger partial charge on any atom is -0.497 e. The van der Waals surface area contributed by atoms with Crippen LogP contribution in [0.25, 0.3) is 11.1 Å². The lowest BCUT2D eigenvalue weighted by Crippen LogP contribution is -2.33. The Morgan fingerprint density at radius 1 is 1.15 bits per heavy atom. The minimum absolute atomic E-state index is 0.156. The van der Waals surface area contributed by atoms with Crippen molar-refractivity contribution in [2.75, 3.05) is 7.11 Å². The SMILES string of the molecule is COc1ccc(-c2cc3c(cc2F)[C@H](OC(N)=O)C(C)(C)CC3)c(F)c1. The number of hydrogen-bond acceptors (Lipinski definition) is 3. The third-order valence-corrected chi connectivity index (χ3v) is 4.96. The van der Waals surface area contributed by atoms with Crippen LogP contribution in [0.3, 0.4) is 0 Å². The molecule has 0 fully saturated rings. The molecule has 1 amide bonds. The smallest absolute Gasteiger partial charge is 0.405 e. The molecule has 0 unspecified atom stereocenters. The maximum atomic E-state index is 14.8. The van der Waals surface area contributed by atoms with Crippen molar-refractivity contribution in [3.63, 3.8) is 0 Å². The predicted octanol–water partition coefficient (Wildman–Crippen LogP) is 4.75. The summed E-state index contributed by atoms with van der Waals surface area (Å²) in [6.07, 6.45) is -0.144. The van der Waals surface area contributed by atoms with Crippen LogP contribution >= 0.6 is 0 Å². The summed E-state index contributed by atoms with van der Waals surface area (Å²) in [6, 6.07) is 7.24. The van der Waals surface area contributed by atoms with E-state index >= 15 is 0 Å². The number of ether oxygens (including phenoxy) is 2. The van der Waals surface area contributed by atoms with E-state index in [1.165, 1.54) is 25.3 Å². The van der Waals surface area contributed by atoms with Gasteiger partial charge < -0.3 is 15.2 Å². The summed E-state index contributed by atoms with van der Waals surface area (Å²) >= 11 is 0. The highest BCUT2D eigenvalue weighted by Crippen LogP contribution is 2.47. The van der Waals surface area contributed by atoms with Crippen molar-refractivity contribution < 1.29 is 23.0 Å². The average Bonchev–Trinajstić information content (AvgIpc) is 2.57. The number of carbonyl (C=O) groups is 1. The molecule has 0 aromatic heterocycles. The van der Waals surface area contributed by atoms with Crippen LogP contribution in [-0.4, -0.2) is 13.2 Å². The Bertz CT molecular complexity index is 864. The van der Waals surface area contributed by atoms with Crippen molar-refractivity contribution >= 4 is 6.09 Å². The van der Waals surface area contributed by atoms with E-state index in [0.717, 1.165) is 12.0 Å². The largest absolute Gasteiger partial charge is 0.497 e. The molecule has 0 saturated heterocycles. The van der Waals surface area contributed by atoms with Gasteiger partial charge in [0.2, 0.25) is 0 Å². The summed E-state index contributed by atoms with van der Waals surface area (Å²) in [5.74, 6) is -0.783. The highest BCUT2D eigenvalue weighted by atomic mass is 19.1. The second-order valence-electron chi connectivity index (χ2n) is 7.18. The lowest BCUT2D eigenvalue weighted by Gasteiger charge is -2.39. The van der Waals surface area contributed by atoms with Crippen LogP contribution in [0.15, 0.2) is 30.3 Å². The molecule has 0 aliphatic heterocycles. The first kappa shape index (κ1) is 18.2. The van der Waals surface area contributed by atoms with Gasteiger partial charge in [0.25, 0.3) is 0 Å². The van der Waals surface area contributed by atoms with Crippen LogP contribution in [0, 0.1) is 17.0 Å². The Hall–Kier alpha value is -2.63. The van der Waals surface area contributed by atoms with Gasteiger partial charge in [-0.25, -0.2) is 13.6 Å². The van der Waals surface area contributed by atoms with E-state index in [-0.39, 0.29) is 16.5 Å². The number of amides is 1. The maximum absolute atomic E-state index is 14.8. The molecular formula is C20H21F2NO3. The van der Waals surface area contributed by atoms with E-state index in [1.54, 1.807) is 12.1 Å². The van der Waals surface area contributed by atoms with Gasteiger partial charge in [-0.05, 0) is 48.2 Å². The summed E-state index contributed by atoms with van der Waals surface area (Å²) in [5.41, 5.74) is 6.54. The second-order valence-corrected chi connectivity index (χ2v) is 7.18. The fourth-order valence-electron chi connectivity index (χ4n) is 3.49. The van der Waals surface area contributed by atoms with Crippen LogP contribution < -0.4 is 10.5 Å². The molecule has 26 heavy (non-hydrogen) atoms. The summed E-state index contributed by atoms with van der Waals surface area (Å²) < 4.78 is 39.4. The Morgan fingerprint density at radius 2 is 1.85 bits per heavy atom. The van der Waals surface area contributed by atoms with Gasteiger partial charge in [-0.3, -0.25) is 0 Å². The molecule has 4 nitrogen and oxygen atoms in total. The number of rotatable bonds is 3. The van der Waals surface area contributed by atoms with Crippen molar-refractivity contribution in [3.05, 3.63) is 53.1 Å². The van der Waals surface area contributed by atoms with Crippen LogP contribution in [-0.2, 0) is 11.2 Å². The Balaban J connectivity index is 2.09. The molecule has 2 N–H and O–H groups in total. The van der Waals surface area contributed by atoms with E-state index in [1.807, 2.05) is 13.8 Å². The summed E-state index contributed by atoms with van der Waals surface area (Å²) in [4.78, 5) is 11.3. The van der Waals surface area contributed by atoms with E-state index in [4.69, 9.17) is 15.2 Å². The van der Waals surface area contributed by atoms with Crippen molar-refractivity contribution in [2.45, 2.75) is 32.8 Å². The second kappa shape index (κ2) is 6.59. The molecule has 0 spiro atoms. The number of hydrogen-bond donors (Lipinski definition) is 1. The molecule has 0 heterocycles. The number of halogens is 2. The van der Waals surface area contributed by atoms with E-state index in [0.29, 0.717) is 17.7 Å². The topological polar surface area (TPSA) is 61.6 Å². The van der Waals surface area contributed by atoms with Gasteiger partial charge in [-0.1, -0.05) is 13.8 Å². The van der Waals surface area contributed by atoms with Gasteiger partial charge in [-0.2, -0.15) is 0 Å². The molecule has 0 bridgehead atoms. The van der Waals surface area contributed by atoms with Gasteiger partial charge in [0.1, 0.15) is 23.5 Å². The van der Waals surface area contributed by atoms with E-state index < -0.39 is 23.8 Å². The van der Waals surface area contributed by atoms with Gasteiger partial charge in [0.05, 0.1) is 7.11 Å². The van der Waals surface area contributed by atoms with Gasteiger partial charge in [0, 0.05) is 22.6 Å². The molecule has 138 valence electrons. The zero-order valence-electron chi connectivity index (χ0n) is 14.9. The Morgan fingerprint density at radius 3 is 2.46 bits per heavy atom. The van der Waals surface area contributed by atoms with Crippen molar-refractivity contribution in [2.24, 2.45) is 11.1 Å². The summed E-state index contributed by atoms with van der Waals surface area (Å²) in [5, 5.41) is 0. The number of benzene rings is 2. The first-order valence-corrected chi connectivity index (χ1v) is 8.35. The van der Waals surface area contributed by atoms with Crippen LogP contribution in [0.5, 0.6) is 5.75 Å². The quantitative estimate of drug-likeness (QED) is 0.858. The molecule has 0 radical (unpaired) electrons. The zero-order chi connectivity index (χ0) is 19.1. The lowest BCUT2D eigenvalue weighted by atomic mass is 9.71. The molecule has 1 aliphatic carbocycles. The van der Waals surface area contributed by atoms with Gasteiger partial charge in [-0.15, -0.1) is 0 Å². The molecule has 0 saturated carbocycles. The third kappa shape index (κ3) is 3.23. The van der Waals surface area contributed by atoms with Gasteiger partial charge >= 0.3 is 6.09 Å². The highest BCUT2D eigenvalue weighted by molar-refractivity contribution is 5.68. The lowest BCUT2D eigenvalue weighted by molar-refractivity contribution is 0.0145. The first-order chi connectivity index (χ1) is 12.2. The van der Waals surface area contributed by atoms with Crippen LogP contribution in [0.4, 0.5) is 13.6 Å². The molecular weight excluding hydrogens is 340 g/mol. The molecule has 6 heteroatoms. The molecule has 2 aromatic rings. The first-order valence-electron chi connectivity index (χ1n) is 8.35. The number of aryl methyl sites for hydroxylation is 1.